The first-order valence-electron chi connectivity index (χ1n) is 6.81. The van der Waals surface area contributed by atoms with Gasteiger partial charge in [-0.2, -0.15) is 0 Å². The zero-order valence-electron chi connectivity index (χ0n) is 12.0. The molecule has 0 spiro atoms. The third kappa shape index (κ3) is 4.89. The average molecular weight is 285 g/mol. The third-order valence-corrected chi connectivity index (χ3v) is 2.92. The van der Waals surface area contributed by atoms with Gasteiger partial charge in [0.25, 0.3) is 0 Å². The molecule has 2 aromatic rings. The molecule has 0 unspecified atom stereocenters. The van der Waals surface area contributed by atoms with Crippen LogP contribution >= 0.6 is 0 Å². The summed E-state index contributed by atoms with van der Waals surface area (Å²) in [6.07, 6.45) is 1.92. The normalized spacial score (nSPS) is 10.2. The predicted molar refractivity (Wildman–Crippen MR) is 82.0 cm³/mol. The fourth-order valence-electron chi connectivity index (χ4n) is 1.79. The van der Waals surface area contributed by atoms with Crippen molar-refractivity contribution in [2.75, 3.05) is 11.9 Å². The highest BCUT2D eigenvalue weighted by Crippen LogP contribution is 2.12. The number of nitrogens with one attached hydrogen (secondary N) is 1. The van der Waals surface area contributed by atoms with Crippen molar-refractivity contribution in [3.63, 3.8) is 0 Å². The topological polar surface area (TPSA) is 77.2 Å². The summed E-state index contributed by atoms with van der Waals surface area (Å²) in [6, 6.07) is 11.3. The van der Waals surface area contributed by atoms with Crippen LogP contribution in [0.25, 0.3) is 0 Å². The van der Waals surface area contributed by atoms with Gasteiger partial charge in [-0.15, -0.1) is 0 Å². The highest BCUT2D eigenvalue weighted by molar-refractivity contribution is 5.89. The molecule has 0 saturated heterocycles. The van der Waals surface area contributed by atoms with E-state index in [0.717, 1.165) is 16.9 Å². The van der Waals surface area contributed by atoms with Crippen molar-refractivity contribution in [2.45, 2.75) is 19.9 Å². The molecule has 0 radical (unpaired) electrons. The molecule has 1 amide bonds. The van der Waals surface area contributed by atoms with Gasteiger partial charge < -0.3 is 15.8 Å². The van der Waals surface area contributed by atoms with Crippen LogP contribution < -0.4 is 15.8 Å². The number of carbonyl (C=O) groups excluding carboxylic acids is 1. The van der Waals surface area contributed by atoms with Crippen LogP contribution in [0.1, 0.15) is 17.5 Å². The fourth-order valence-corrected chi connectivity index (χ4v) is 1.79. The van der Waals surface area contributed by atoms with Crippen molar-refractivity contribution in [3.8, 4) is 5.75 Å². The molecule has 5 nitrogen and oxygen atoms in total. The minimum Gasteiger partial charge on any atom is -0.493 e. The van der Waals surface area contributed by atoms with Crippen LogP contribution in [-0.2, 0) is 11.3 Å². The molecule has 0 saturated carbocycles. The lowest BCUT2D eigenvalue weighted by atomic mass is 10.2. The Morgan fingerprint density at radius 3 is 2.86 bits per heavy atom. The monoisotopic (exact) mass is 285 g/mol. The van der Waals surface area contributed by atoms with Crippen molar-refractivity contribution in [3.05, 3.63) is 53.7 Å². The second-order valence-corrected chi connectivity index (χ2v) is 4.72. The molecule has 0 aliphatic carbocycles. The van der Waals surface area contributed by atoms with E-state index in [9.17, 15) is 4.79 Å². The molecule has 0 atom stereocenters. The molecule has 0 fully saturated rings. The summed E-state index contributed by atoms with van der Waals surface area (Å²) in [7, 11) is 0. The lowest BCUT2D eigenvalue weighted by Gasteiger charge is -2.07. The molecule has 1 heterocycles. The molecule has 21 heavy (non-hydrogen) atoms. The maximum Gasteiger partial charge on any atom is 0.228 e. The van der Waals surface area contributed by atoms with Gasteiger partial charge in [0.05, 0.1) is 13.0 Å². The number of rotatable bonds is 6. The maximum atomic E-state index is 11.8. The molecule has 5 heteroatoms. The van der Waals surface area contributed by atoms with Crippen LogP contribution in [0, 0.1) is 6.92 Å². The Kier molecular flexibility index (Phi) is 5.29. The zero-order valence-corrected chi connectivity index (χ0v) is 12.0. The third-order valence-electron chi connectivity index (χ3n) is 2.92. The Labute approximate surface area is 124 Å². The van der Waals surface area contributed by atoms with Crippen molar-refractivity contribution >= 4 is 11.7 Å². The zero-order chi connectivity index (χ0) is 15.1. The predicted octanol–water partition coefficient (Wildman–Crippen LogP) is 2.26. The summed E-state index contributed by atoms with van der Waals surface area (Å²) in [5, 5.41) is 2.72. The Bertz CT molecular complexity index is 597. The smallest absolute Gasteiger partial charge is 0.228 e. The Balaban J connectivity index is 1.76. The summed E-state index contributed by atoms with van der Waals surface area (Å²) in [5.74, 6) is 1.16. The highest BCUT2D eigenvalue weighted by Gasteiger charge is 2.04. The van der Waals surface area contributed by atoms with E-state index in [1.165, 1.54) is 0 Å². The molecule has 0 aliphatic rings. The van der Waals surface area contributed by atoms with Crippen molar-refractivity contribution in [1.29, 1.82) is 0 Å². The summed E-state index contributed by atoms with van der Waals surface area (Å²) < 4.78 is 5.53. The number of anilines is 1. The second-order valence-electron chi connectivity index (χ2n) is 4.72. The molecule has 3 N–H and O–H groups in total. The van der Waals surface area contributed by atoms with Gasteiger partial charge in [0.1, 0.15) is 11.6 Å². The number of aryl methyl sites for hydroxylation is 1. The van der Waals surface area contributed by atoms with Crippen molar-refractivity contribution < 1.29 is 9.53 Å². The standard InChI is InChI=1S/C16H19N3O2/c1-12-3-2-4-14(9-12)21-8-7-16(20)19-15-6-5-13(10-17)11-18-15/h2-6,9,11H,7-8,10,17H2,1H3,(H,18,19,20). The van der Waals surface area contributed by atoms with Gasteiger partial charge in [-0.25, -0.2) is 4.98 Å². The van der Waals surface area contributed by atoms with E-state index < -0.39 is 0 Å². The number of amides is 1. The first kappa shape index (κ1) is 15.0. The lowest BCUT2D eigenvalue weighted by Crippen LogP contribution is -2.16. The van der Waals surface area contributed by atoms with Gasteiger partial charge in [0.2, 0.25) is 5.91 Å². The number of benzene rings is 1. The number of pyridine rings is 1. The van der Waals surface area contributed by atoms with Crippen molar-refractivity contribution in [2.24, 2.45) is 5.73 Å². The Morgan fingerprint density at radius 1 is 1.33 bits per heavy atom. The van der Waals surface area contributed by atoms with Crippen LogP contribution in [0.2, 0.25) is 0 Å². The van der Waals surface area contributed by atoms with E-state index in [1.807, 2.05) is 37.3 Å². The average Bonchev–Trinajstić information content (AvgIpc) is 2.48. The molecule has 2 rings (SSSR count). The first-order valence-corrected chi connectivity index (χ1v) is 6.81. The van der Waals surface area contributed by atoms with Crippen LogP contribution in [0.4, 0.5) is 5.82 Å². The number of ether oxygens (including phenoxy) is 1. The van der Waals surface area contributed by atoms with E-state index in [0.29, 0.717) is 19.0 Å². The number of nitrogens with zero attached hydrogens (tertiary/aromatic N) is 1. The summed E-state index contributed by atoms with van der Waals surface area (Å²) in [5.41, 5.74) is 7.54. The van der Waals surface area contributed by atoms with Crippen LogP contribution in [0.15, 0.2) is 42.6 Å². The molecule has 0 aliphatic heterocycles. The summed E-state index contributed by atoms with van der Waals surface area (Å²) in [4.78, 5) is 15.9. The van der Waals surface area contributed by atoms with Gasteiger partial charge in [0, 0.05) is 12.7 Å². The van der Waals surface area contributed by atoms with Gasteiger partial charge in [-0.05, 0) is 36.2 Å². The Hall–Kier alpha value is -2.40. The van der Waals surface area contributed by atoms with Crippen LogP contribution in [-0.4, -0.2) is 17.5 Å². The van der Waals surface area contributed by atoms with Gasteiger partial charge in [-0.3, -0.25) is 4.79 Å². The molecule has 1 aromatic carbocycles. The lowest BCUT2D eigenvalue weighted by molar-refractivity contribution is -0.116. The van der Waals surface area contributed by atoms with Crippen LogP contribution in [0.5, 0.6) is 5.75 Å². The molecular formula is C16H19N3O2. The van der Waals surface area contributed by atoms with E-state index in [4.69, 9.17) is 10.5 Å². The molecule has 0 bridgehead atoms. The minimum atomic E-state index is -0.129. The van der Waals surface area contributed by atoms with Gasteiger partial charge in [0.15, 0.2) is 0 Å². The highest BCUT2D eigenvalue weighted by atomic mass is 16.5. The van der Waals surface area contributed by atoms with Gasteiger partial charge in [-0.1, -0.05) is 18.2 Å². The minimum absolute atomic E-state index is 0.129. The van der Waals surface area contributed by atoms with E-state index in [2.05, 4.69) is 10.3 Å². The number of aromatic nitrogens is 1. The number of hydrogen-bond donors (Lipinski definition) is 2. The van der Waals surface area contributed by atoms with E-state index >= 15 is 0 Å². The number of nitrogens with two attached hydrogens (primary N) is 1. The Morgan fingerprint density at radius 2 is 2.19 bits per heavy atom. The largest absolute Gasteiger partial charge is 0.493 e. The molecule has 1 aromatic heterocycles. The SMILES string of the molecule is Cc1cccc(OCCC(=O)Nc2ccc(CN)cn2)c1. The first-order chi connectivity index (χ1) is 10.2. The summed E-state index contributed by atoms with van der Waals surface area (Å²) >= 11 is 0. The summed E-state index contributed by atoms with van der Waals surface area (Å²) in [6.45, 7) is 2.76. The molecule has 110 valence electrons. The fraction of sp³-hybridized carbons (Fsp3) is 0.250. The number of carbonyl (C=O) groups is 1. The maximum absolute atomic E-state index is 11.8. The van der Waals surface area contributed by atoms with E-state index in [1.54, 1.807) is 12.3 Å². The van der Waals surface area contributed by atoms with Crippen LogP contribution in [0.3, 0.4) is 0 Å². The molecular weight excluding hydrogens is 266 g/mol. The van der Waals surface area contributed by atoms with E-state index in [-0.39, 0.29) is 12.3 Å². The van der Waals surface area contributed by atoms with Crippen molar-refractivity contribution in [1.82, 2.24) is 4.98 Å². The second kappa shape index (κ2) is 7.40. The van der Waals surface area contributed by atoms with Gasteiger partial charge >= 0.3 is 0 Å². The number of hydrogen-bond acceptors (Lipinski definition) is 4. The quantitative estimate of drug-likeness (QED) is 0.853.